The van der Waals surface area contributed by atoms with E-state index in [1.165, 1.54) is 32.1 Å². The zero-order valence-electron chi connectivity index (χ0n) is 9.59. The average molecular weight is 250 g/mol. The Labute approximate surface area is 110 Å². The van der Waals surface area contributed by atoms with Gasteiger partial charge in [0.15, 0.2) is 0 Å². The molecule has 1 aliphatic carbocycles. The quantitative estimate of drug-likeness (QED) is 0.673. The van der Waals surface area contributed by atoms with Gasteiger partial charge in [-0.2, -0.15) is 0 Å². The molecule has 2 heteroatoms. The second-order valence-corrected chi connectivity index (χ2v) is 5.37. The summed E-state index contributed by atoms with van der Waals surface area (Å²) in [6.07, 6.45) is 12.1. The van der Waals surface area contributed by atoms with Gasteiger partial charge in [0.05, 0.1) is 12.5 Å². The fourth-order valence-corrected chi connectivity index (χ4v) is 3.53. The van der Waals surface area contributed by atoms with Crippen LogP contribution in [0.1, 0.15) is 5.56 Å². The molecular formula is C16H10OS. The predicted octanol–water partition coefficient (Wildman–Crippen LogP) is 4.43. The van der Waals surface area contributed by atoms with Crippen molar-refractivity contribution >= 4 is 17.3 Å². The SMILES string of the molecule is C1=CC2=C3C=COC=C3c3ccccc3SC2=C1. The normalized spacial score (nSPS) is 19.3. The van der Waals surface area contributed by atoms with Gasteiger partial charge >= 0.3 is 0 Å². The van der Waals surface area contributed by atoms with E-state index in [0.717, 1.165) is 0 Å². The van der Waals surface area contributed by atoms with Crippen molar-refractivity contribution in [3.8, 4) is 0 Å². The van der Waals surface area contributed by atoms with Crippen molar-refractivity contribution in [2.24, 2.45) is 0 Å². The van der Waals surface area contributed by atoms with Gasteiger partial charge in [-0.25, -0.2) is 0 Å². The Hall–Kier alpha value is -1.93. The van der Waals surface area contributed by atoms with Gasteiger partial charge in [0, 0.05) is 15.4 Å². The summed E-state index contributed by atoms with van der Waals surface area (Å²) in [5.41, 5.74) is 4.96. The number of rotatable bonds is 0. The van der Waals surface area contributed by atoms with Crippen molar-refractivity contribution in [3.63, 3.8) is 0 Å². The fraction of sp³-hybridized carbons (Fsp3) is 0. The lowest BCUT2D eigenvalue weighted by Gasteiger charge is -2.13. The number of allylic oxidation sites excluding steroid dienone is 7. The zero-order valence-corrected chi connectivity index (χ0v) is 10.4. The summed E-state index contributed by atoms with van der Waals surface area (Å²) in [6, 6.07) is 8.48. The lowest BCUT2D eigenvalue weighted by atomic mass is 9.94. The first-order valence-electron chi connectivity index (χ1n) is 5.86. The summed E-state index contributed by atoms with van der Waals surface area (Å²) in [6.45, 7) is 0. The lowest BCUT2D eigenvalue weighted by molar-refractivity contribution is 0.401. The van der Waals surface area contributed by atoms with E-state index < -0.39 is 0 Å². The third-order valence-corrected chi connectivity index (χ3v) is 4.40. The van der Waals surface area contributed by atoms with Crippen LogP contribution in [0.3, 0.4) is 0 Å². The van der Waals surface area contributed by atoms with Gasteiger partial charge in [0.1, 0.15) is 0 Å². The van der Waals surface area contributed by atoms with E-state index in [1.54, 1.807) is 6.26 Å². The van der Waals surface area contributed by atoms with Crippen LogP contribution in [0.5, 0.6) is 0 Å². The molecular weight excluding hydrogens is 240 g/mol. The largest absolute Gasteiger partial charge is 0.472 e. The molecule has 0 aromatic heterocycles. The molecule has 0 fully saturated rings. The molecule has 4 rings (SSSR count). The van der Waals surface area contributed by atoms with Crippen LogP contribution in [0.4, 0.5) is 0 Å². The Kier molecular flexibility index (Phi) is 2.11. The number of hydrogen-bond donors (Lipinski definition) is 0. The highest BCUT2D eigenvalue weighted by molar-refractivity contribution is 8.03. The van der Waals surface area contributed by atoms with Gasteiger partial charge in [-0.3, -0.25) is 0 Å². The molecule has 0 atom stereocenters. The zero-order chi connectivity index (χ0) is 11.9. The molecule has 0 saturated carbocycles. The topological polar surface area (TPSA) is 9.23 Å². The minimum atomic E-state index is 1.17. The molecule has 86 valence electrons. The molecule has 1 aromatic rings. The number of ether oxygens (including phenoxy) is 1. The van der Waals surface area contributed by atoms with E-state index in [9.17, 15) is 0 Å². The Morgan fingerprint density at radius 1 is 1.00 bits per heavy atom. The minimum absolute atomic E-state index is 1.17. The Balaban J connectivity index is 2.04. The van der Waals surface area contributed by atoms with E-state index in [2.05, 4.69) is 48.6 Å². The molecule has 0 spiro atoms. The highest BCUT2D eigenvalue weighted by Crippen LogP contribution is 2.47. The van der Waals surface area contributed by atoms with E-state index in [-0.39, 0.29) is 0 Å². The third-order valence-electron chi connectivity index (χ3n) is 3.25. The Bertz CT molecular complexity index is 687. The average Bonchev–Trinajstić information content (AvgIpc) is 2.83. The Morgan fingerprint density at radius 3 is 2.94 bits per heavy atom. The highest BCUT2D eigenvalue weighted by Gasteiger charge is 2.24. The molecule has 0 radical (unpaired) electrons. The van der Waals surface area contributed by atoms with Gasteiger partial charge in [-0.15, -0.1) is 0 Å². The standard InChI is InChI=1S/C16H10OS/c1-2-6-15-13(4-1)14-10-17-9-8-11(14)12-5-3-7-16(12)18-15/h1-10H. The molecule has 0 N–H and O–H groups in total. The van der Waals surface area contributed by atoms with Gasteiger partial charge < -0.3 is 4.74 Å². The maximum atomic E-state index is 5.37. The monoisotopic (exact) mass is 250 g/mol. The summed E-state index contributed by atoms with van der Waals surface area (Å²) in [7, 11) is 0. The van der Waals surface area contributed by atoms with Crippen LogP contribution >= 0.6 is 11.8 Å². The van der Waals surface area contributed by atoms with Crippen molar-refractivity contribution < 1.29 is 4.74 Å². The highest BCUT2D eigenvalue weighted by atomic mass is 32.2. The van der Waals surface area contributed by atoms with Crippen LogP contribution in [0.25, 0.3) is 5.57 Å². The van der Waals surface area contributed by atoms with Crippen LogP contribution in [-0.4, -0.2) is 0 Å². The second kappa shape index (κ2) is 3.79. The Morgan fingerprint density at radius 2 is 1.94 bits per heavy atom. The predicted molar refractivity (Wildman–Crippen MR) is 74.8 cm³/mol. The van der Waals surface area contributed by atoms with Gasteiger partial charge in [0.25, 0.3) is 0 Å². The molecule has 2 aliphatic heterocycles. The van der Waals surface area contributed by atoms with Crippen molar-refractivity contribution in [2.45, 2.75) is 4.90 Å². The summed E-state index contributed by atoms with van der Waals surface area (Å²) >= 11 is 1.82. The van der Waals surface area contributed by atoms with E-state index in [4.69, 9.17) is 4.74 Å². The maximum Gasteiger partial charge on any atom is 0.0986 e. The van der Waals surface area contributed by atoms with Crippen LogP contribution in [-0.2, 0) is 4.74 Å². The number of fused-ring (bicyclic) bond motifs is 4. The summed E-state index contributed by atoms with van der Waals surface area (Å²) < 4.78 is 5.37. The van der Waals surface area contributed by atoms with Crippen molar-refractivity contribution in [1.82, 2.24) is 0 Å². The first-order chi connectivity index (χ1) is 8.93. The van der Waals surface area contributed by atoms with E-state index >= 15 is 0 Å². The van der Waals surface area contributed by atoms with Crippen LogP contribution in [0.2, 0.25) is 0 Å². The van der Waals surface area contributed by atoms with Crippen LogP contribution < -0.4 is 0 Å². The second-order valence-electron chi connectivity index (χ2n) is 4.29. The molecule has 2 heterocycles. The molecule has 1 aromatic carbocycles. The van der Waals surface area contributed by atoms with Gasteiger partial charge in [-0.05, 0) is 34.9 Å². The van der Waals surface area contributed by atoms with Crippen LogP contribution in [0.15, 0.2) is 82.0 Å². The lowest BCUT2D eigenvalue weighted by Crippen LogP contribution is -1.95. The number of hydrogen-bond acceptors (Lipinski definition) is 2. The summed E-state index contributed by atoms with van der Waals surface area (Å²) in [5.74, 6) is 0. The first kappa shape index (κ1) is 10.0. The number of benzene rings is 1. The smallest absolute Gasteiger partial charge is 0.0986 e. The number of thioether (sulfide) groups is 1. The van der Waals surface area contributed by atoms with E-state index in [1.807, 2.05) is 18.0 Å². The molecule has 1 nitrogen and oxygen atoms in total. The molecule has 0 saturated heterocycles. The molecule has 18 heavy (non-hydrogen) atoms. The first-order valence-corrected chi connectivity index (χ1v) is 6.68. The van der Waals surface area contributed by atoms with Crippen molar-refractivity contribution in [1.29, 1.82) is 0 Å². The third kappa shape index (κ3) is 1.36. The molecule has 0 amide bonds. The van der Waals surface area contributed by atoms with Crippen molar-refractivity contribution in [2.75, 3.05) is 0 Å². The summed E-state index contributed by atoms with van der Waals surface area (Å²) in [4.78, 5) is 2.59. The van der Waals surface area contributed by atoms with Gasteiger partial charge in [-0.1, -0.05) is 42.1 Å². The van der Waals surface area contributed by atoms with Crippen LogP contribution in [0, 0.1) is 0 Å². The maximum absolute atomic E-state index is 5.37. The molecule has 0 bridgehead atoms. The van der Waals surface area contributed by atoms with Crippen molar-refractivity contribution in [3.05, 3.63) is 82.7 Å². The van der Waals surface area contributed by atoms with Gasteiger partial charge in [0.2, 0.25) is 0 Å². The summed E-state index contributed by atoms with van der Waals surface area (Å²) in [5, 5.41) is 0. The molecule has 3 aliphatic rings. The fourth-order valence-electron chi connectivity index (χ4n) is 2.42. The minimum Gasteiger partial charge on any atom is -0.472 e. The molecule has 0 unspecified atom stereocenters. The van der Waals surface area contributed by atoms with E-state index in [0.29, 0.717) is 0 Å².